The Kier molecular flexibility index (Phi) is 5.89. The zero-order chi connectivity index (χ0) is 13.4. The number of carbonyl (C=O) groups is 1. The molecule has 18 heavy (non-hydrogen) atoms. The number of nitrogens with one attached hydrogen (secondary N) is 1. The van der Waals surface area contributed by atoms with Gasteiger partial charge in [-0.05, 0) is 38.5 Å². The third-order valence-corrected chi connectivity index (χ3v) is 2.27. The lowest BCUT2D eigenvalue weighted by atomic mass is 10.2. The van der Waals surface area contributed by atoms with Crippen LogP contribution in [0.1, 0.15) is 32.3 Å². The van der Waals surface area contributed by atoms with Gasteiger partial charge >= 0.3 is 0 Å². The summed E-state index contributed by atoms with van der Waals surface area (Å²) < 4.78 is 5.36. The Morgan fingerprint density at radius 2 is 2.28 bits per heavy atom. The SMILES string of the molecule is CC(C)OCCCC(=O)Nc1cccc(C#N)c1. The normalized spacial score (nSPS) is 10.1. The molecule has 1 N–H and O–H groups in total. The molecular weight excluding hydrogens is 228 g/mol. The lowest BCUT2D eigenvalue weighted by Crippen LogP contribution is -2.13. The Morgan fingerprint density at radius 1 is 1.50 bits per heavy atom. The molecule has 96 valence electrons. The smallest absolute Gasteiger partial charge is 0.224 e. The monoisotopic (exact) mass is 246 g/mol. The first-order valence-electron chi connectivity index (χ1n) is 6.03. The number of nitrogens with zero attached hydrogens (tertiary/aromatic N) is 1. The van der Waals surface area contributed by atoms with Crippen LogP contribution in [-0.4, -0.2) is 18.6 Å². The molecule has 0 atom stereocenters. The van der Waals surface area contributed by atoms with E-state index in [4.69, 9.17) is 10.00 Å². The fraction of sp³-hybridized carbons (Fsp3) is 0.429. The predicted octanol–water partition coefficient (Wildman–Crippen LogP) is 2.70. The zero-order valence-corrected chi connectivity index (χ0v) is 10.8. The maximum Gasteiger partial charge on any atom is 0.224 e. The van der Waals surface area contributed by atoms with Gasteiger partial charge in [0.2, 0.25) is 5.91 Å². The minimum absolute atomic E-state index is 0.0579. The van der Waals surface area contributed by atoms with Gasteiger partial charge in [0, 0.05) is 18.7 Å². The van der Waals surface area contributed by atoms with Crippen LogP contribution in [0.4, 0.5) is 5.69 Å². The second kappa shape index (κ2) is 7.46. The van der Waals surface area contributed by atoms with Crippen molar-refractivity contribution in [1.82, 2.24) is 0 Å². The number of amides is 1. The zero-order valence-electron chi connectivity index (χ0n) is 10.8. The van der Waals surface area contributed by atoms with E-state index in [0.717, 1.165) is 0 Å². The summed E-state index contributed by atoms with van der Waals surface area (Å²) in [7, 11) is 0. The number of hydrogen-bond donors (Lipinski definition) is 1. The topological polar surface area (TPSA) is 62.1 Å². The maximum absolute atomic E-state index is 11.6. The highest BCUT2D eigenvalue weighted by molar-refractivity contribution is 5.90. The molecule has 0 radical (unpaired) electrons. The molecule has 1 amide bonds. The van der Waals surface area contributed by atoms with E-state index in [1.54, 1.807) is 24.3 Å². The molecule has 4 heteroatoms. The first-order chi connectivity index (χ1) is 8.61. The molecule has 1 aromatic carbocycles. The lowest BCUT2D eigenvalue weighted by molar-refractivity contribution is -0.116. The van der Waals surface area contributed by atoms with Crippen LogP contribution < -0.4 is 5.32 Å². The molecule has 0 bridgehead atoms. The van der Waals surface area contributed by atoms with Crippen LogP contribution in [-0.2, 0) is 9.53 Å². The number of benzene rings is 1. The second-order valence-electron chi connectivity index (χ2n) is 4.26. The van der Waals surface area contributed by atoms with Crippen LogP contribution in [0.2, 0.25) is 0 Å². The van der Waals surface area contributed by atoms with Crippen molar-refractivity contribution in [2.75, 3.05) is 11.9 Å². The molecule has 0 saturated heterocycles. The summed E-state index contributed by atoms with van der Waals surface area (Å²) in [6, 6.07) is 8.90. The Balaban J connectivity index is 2.33. The first-order valence-corrected chi connectivity index (χ1v) is 6.03. The van der Waals surface area contributed by atoms with Crippen molar-refractivity contribution in [3.63, 3.8) is 0 Å². The summed E-state index contributed by atoms with van der Waals surface area (Å²) in [5.74, 6) is -0.0579. The van der Waals surface area contributed by atoms with Crippen molar-refractivity contribution in [1.29, 1.82) is 5.26 Å². The highest BCUT2D eigenvalue weighted by Gasteiger charge is 2.03. The molecule has 0 fully saturated rings. The minimum atomic E-state index is -0.0579. The van der Waals surface area contributed by atoms with Crippen molar-refractivity contribution >= 4 is 11.6 Å². The summed E-state index contributed by atoms with van der Waals surface area (Å²) in [4.78, 5) is 11.6. The Labute approximate surface area is 108 Å². The van der Waals surface area contributed by atoms with Gasteiger partial charge < -0.3 is 10.1 Å². The molecule has 0 aliphatic carbocycles. The molecule has 0 aliphatic heterocycles. The molecule has 1 aromatic rings. The highest BCUT2D eigenvalue weighted by Crippen LogP contribution is 2.10. The van der Waals surface area contributed by atoms with Gasteiger partial charge in [-0.25, -0.2) is 0 Å². The van der Waals surface area contributed by atoms with Gasteiger partial charge in [0.15, 0.2) is 0 Å². The summed E-state index contributed by atoms with van der Waals surface area (Å²) in [6.45, 7) is 4.52. The Bertz CT molecular complexity index is 436. The van der Waals surface area contributed by atoms with E-state index < -0.39 is 0 Å². The van der Waals surface area contributed by atoms with Crippen molar-refractivity contribution in [3.05, 3.63) is 29.8 Å². The van der Waals surface area contributed by atoms with Crippen LogP contribution in [0, 0.1) is 11.3 Å². The lowest BCUT2D eigenvalue weighted by Gasteiger charge is -2.08. The summed E-state index contributed by atoms with van der Waals surface area (Å²) >= 11 is 0. The van der Waals surface area contributed by atoms with E-state index in [1.165, 1.54) is 0 Å². The Morgan fingerprint density at radius 3 is 2.94 bits per heavy atom. The van der Waals surface area contributed by atoms with Crippen molar-refractivity contribution < 1.29 is 9.53 Å². The van der Waals surface area contributed by atoms with Gasteiger partial charge in [0.1, 0.15) is 0 Å². The molecule has 0 spiro atoms. The van der Waals surface area contributed by atoms with Gasteiger partial charge in [0.05, 0.1) is 17.7 Å². The van der Waals surface area contributed by atoms with Crippen LogP contribution in [0.3, 0.4) is 0 Å². The van der Waals surface area contributed by atoms with Crippen LogP contribution in [0.15, 0.2) is 24.3 Å². The van der Waals surface area contributed by atoms with E-state index in [0.29, 0.717) is 30.7 Å². The molecule has 4 nitrogen and oxygen atoms in total. The molecule has 0 heterocycles. The highest BCUT2D eigenvalue weighted by atomic mass is 16.5. The number of nitriles is 1. The summed E-state index contributed by atoms with van der Waals surface area (Å²) in [6.07, 6.45) is 1.31. The number of anilines is 1. The fourth-order valence-corrected chi connectivity index (χ4v) is 1.44. The molecule has 0 unspecified atom stereocenters. The van der Waals surface area contributed by atoms with Gasteiger partial charge in [-0.2, -0.15) is 5.26 Å². The first kappa shape index (κ1) is 14.2. The van der Waals surface area contributed by atoms with Gasteiger partial charge in [-0.15, -0.1) is 0 Å². The number of rotatable bonds is 6. The van der Waals surface area contributed by atoms with E-state index >= 15 is 0 Å². The summed E-state index contributed by atoms with van der Waals surface area (Å²) in [5.41, 5.74) is 1.19. The van der Waals surface area contributed by atoms with Crippen LogP contribution in [0.25, 0.3) is 0 Å². The van der Waals surface area contributed by atoms with Crippen molar-refractivity contribution in [2.45, 2.75) is 32.8 Å². The third-order valence-electron chi connectivity index (χ3n) is 2.27. The molecule has 0 saturated carbocycles. The maximum atomic E-state index is 11.6. The minimum Gasteiger partial charge on any atom is -0.379 e. The number of carbonyl (C=O) groups excluding carboxylic acids is 1. The standard InChI is InChI=1S/C14H18N2O2/c1-11(2)18-8-4-7-14(17)16-13-6-3-5-12(9-13)10-15/h3,5-6,9,11H,4,7-8H2,1-2H3,(H,16,17). The van der Waals surface area contributed by atoms with Crippen molar-refractivity contribution in [3.8, 4) is 6.07 Å². The Hall–Kier alpha value is -1.86. The molecule has 0 aliphatic rings. The van der Waals surface area contributed by atoms with Gasteiger partial charge in [-0.3, -0.25) is 4.79 Å². The molecule has 0 aromatic heterocycles. The van der Waals surface area contributed by atoms with E-state index in [-0.39, 0.29) is 12.0 Å². The molecule has 1 rings (SSSR count). The second-order valence-corrected chi connectivity index (χ2v) is 4.26. The van der Waals surface area contributed by atoms with Crippen molar-refractivity contribution in [2.24, 2.45) is 0 Å². The number of ether oxygens (including phenoxy) is 1. The van der Waals surface area contributed by atoms with Gasteiger partial charge in [0.25, 0.3) is 0 Å². The fourth-order valence-electron chi connectivity index (χ4n) is 1.44. The van der Waals surface area contributed by atoms with E-state index in [2.05, 4.69) is 5.32 Å². The predicted molar refractivity (Wildman–Crippen MR) is 70.1 cm³/mol. The average molecular weight is 246 g/mol. The number of hydrogen-bond acceptors (Lipinski definition) is 3. The van der Waals surface area contributed by atoms with Gasteiger partial charge in [-0.1, -0.05) is 6.07 Å². The van der Waals surface area contributed by atoms with Crippen LogP contribution >= 0.6 is 0 Å². The molecular formula is C14H18N2O2. The largest absolute Gasteiger partial charge is 0.379 e. The third kappa shape index (κ3) is 5.46. The quantitative estimate of drug-likeness (QED) is 0.785. The van der Waals surface area contributed by atoms with E-state index in [1.807, 2.05) is 19.9 Å². The van der Waals surface area contributed by atoms with Crippen LogP contribution in [0.5, 0.6) is 0 Å². The average Bonchev–Trinajstić information content (AvgIpc) is 2.34. The van der Waals surface area contributed by atoms with E-state index in [9.17, 15) is 4.79 Å². The summed E-state index contributed by atoms with van der Waals surface area (Å²) in [5, 5.41) is 11.5.